The fourth-order valence-electron chi connectivity index (χ4n) is 2.93. The van der Waals surface area contributed by atoms with Gasteiger partial charge in [-0.3, -0.25) is 4.68 Å². The molecule has 1 N–H and O–H groups in total. The Labute approximate surface area is 126 Å². The summed E-state index contributed by atoms with van der Waals surface area (Å²) in [6.07, 6.45) is 7.46. The summed E-state index contributed by atoms with van der Waals surface area (Å²) in [4.78, 5) is 0.309. The Bertz CT molecular complexity index is 604. The summed E-state index contributed by atoms with van der Waals surface area (Å²) in [7, 11) is -3.42. The minimum absolute atomic E-state index is 0.297. The first-order valence-corrected chi connectivity index (χ1v) is 9.12. The Morgan fingerprint density at radius 1 is 1.43 bits per heavy atom. The minimum atomic E-state index is -3.42. The van der Waals surface area contributed by atoms with Crippen LogP contribution in [0.25, 0.3) is 0 Å². The predicted octanol–water partition coefficient (Wildman–Crippen LogP) is 1.20. The molecule has 0 aromatic carbocycles. The third-order valence-electron chi connectivity index (χ3n) is 4.37. The summed E-state index contributed by atoms with van der Waals surface area (Å²) in [5.41, 5.74) is -0.297. The summed E-state index contributed by atoms with van der Waals surface area (Å²) in [5.74, 6) is 0. The molecule has 0 bridgehead atoms. The van der Waals surface area contributed by atoms with Crippen LogP contribution in [0.2, 0.25) is 0 Å². The third kappa shape index (κ3) is 3.14. The largest absolute Gasteiger partial charge is 0.312 e. The van der Waals surface area contributed by atoms with Gasteiger partial charge in [0.25, 0.3) is 0 Å². The van der Waals surface area contributed by atoms with Crippen molar-refractivity contribution in [3.63, 3.8) is 0 Å². The topological polar surface area (TPSA) is 67.2 Å². The van der Waals surface area contributed by atoms with Crippen LogP contribution >= 0.6 is 0 Å². The van der Waals surface area contributed by atoms with Crippen LogP contribution in [0, 0.1) is 0 Å². The lowest BCUT2D eigenvalue weighted by Crippen LogP contribution is -2.42. The van der Waals surface area contributed by atoms with Crippen LogP contribution in [0.1, 0.15) is 39.5 Å². The molecule has 2 aliphatic rings. The molecule has 1 saturated heterocycles. The average Bonchev–Trinajstić information content (AvgIpc) is 2.95. The van der Waals surface area contributed by atoms with E-state index < -0.39 is 10.0 Å². The molecular weight excluding hydrogens is 288 g/mol. The second-order valence-corrected chi connectivity index (χ2v) is 8.52. The maximum atomic E-state index is 12.7. The Kier molecular flexibility index (Phi) is 3.83. The summed E-state index contributed by atoms with van der Waals surface area (Å²) in [6, 6.07) is 0.661. The van der Waals surface area contributed by atoms with Gasteiger partial charge >= 0.3 is 0 Å². The SMILES string of the molecule is CC1(C)CCCN1S(=O)(=O)c1cnn(CCNC2CC2)c1. The van der Waals surface area contributed by atoms with Crippen molar-refractivity contribution < 1.29 is 8.42 Å². The molecule has 1 aromatic rings. The molecule has 0 radical (unpaired) electrons. The molecule has 118 valence electrons. The monoisotopic (exact) mass is 312 g/mol. The van der Waals surface area contributed by atoms with E-state index in [-0.39, 0.29) is 5.54 Å². The number of nitrogens with zero attached hydrogens (tertiary/aromatic N) is 3. The molecule has 1 aliphatic carbocycles. The molecule has 1 saturated carbocycles. The molecule has 2 heterocycles. The van der Waals surface area contributed by atoms with E-state index in [1.165, 1.54) is 19.0 Å². The minimum Gasteiger partial charge on any atom is -0.312 e. The fourth-order valence-corrected chi connectivity index (χ4v) is 4.73. The molecule has 3 rings (SSSR count). The zero-order valence-electron chi connectivity index (χ0n) is 12.7. The number of nitrogens with one attached hydrogen (secondary N) is 1. The van der Waals surface area contributed by atoms with Gasteiger partial charge in [-0.05, 0) is 39.5 Å². The highest BCUT2D eigenvalue weighted by Gasteiger charge is 2.41. The standard InChI is InChI=1S/C14H24N4O2S/c1-14(2)6-3-8-18(14)21(19,20)13-10-16-17(11-13)9-7-15-12-4-5-12/h10-12,15H,3-9H2,1-2H3. The Morgan fingerprint density at radius 2 is 2.19 bits per heavy atom. The molecule has 0 spiro atoms. The van der Waals surface area contributed by atoms with Crippen molar-refractivity contribution in [2.45, 2.75) is 62.6 Å². The van der Waals surface area contributed by atoms with Gasteiger partial charge in [-0.25, -0.2) is 8.42 Å². The molecule has 1 aromatic heterocycles. The molecule has 6 nitrogen and oxygen atoms in total. The second kappa shape index (κ2) is 5.37. The molecule has 2 fully saturated rings. The average molecular weight is 312 g/mol. The number of rotatable bonds is 6. The second-order valence-electron chi connectivity index (χ2n) is 6.66. The Hall–Kier alpha value is -0.920. The lowest BCUT2D eigenvalue weighted by molar-refractivity contribution is 0.291. The lowest BCUT2D eigenvalue weighted by atomic mass is 10.0. The third-order valence-corrected chi connectivity index (χ3v) is 6.44. The molecule has 7 heteroatoms. The van der Waals surface area contributed by atoms with Gasteiger partial charge in [0.1, 0.15) is 4.90 Å². The van der Waals surface area contributed by atoms with Gasteiger partial charge in [0.2, 0.25) is 10.0 Å². The predicted molar refractivity (Wildman–Crippen MR) is 80.5 cm³/mol. The van der Waals surface area contributed by atoms with E-state index >= 15 is 0 Å². The van der Waals surface area contributed by atoms with E-state index in [0.717, 1.165) is 19.4 Å². The smallest absolute Gasteiger partial charge is 0.246 e. The lowest BCUT2D eigenvalue weighted by Gasteiger charge is -2.29. The van der Waals surface area contributed by atoms with Gasteiger partial charge in [0, 0.05) is 30.9 Å². The molecule has 0 unspecified atom stereocenters. The van der Waals surface area contributed by atoms with E-state index in [1.54, 1.807) is 15.2 Å². The Morgan fingerprint density at radius 3 is 2.81 bits per heavy atom. The number of aromatic nitrogens is 2. The van der Waals surface area contributed by atoms with Gasteiger partial charge in [-0.15, -0.1) is 0 Å². The number of hydrogen-bond donors (Lipinski definition) is 1. The summed E-state index contributed by atoms with van der Waals surface area (Å²) >= 11 is 0. The van der Waals surface area contributed by atoms with Gasteiger partial charge in [-0.2, -0.15) is 9.40 Å². The van der Waals surface area contributed by atoms with Crippen LogP contribution in [0.5, 0.6) is 0 Å². The van der Waals surface area contributed by atoms with Crippen molar-refractivity contribution in [2.75, 3.05) is 13.1 Å². The summed E-state index contributed by atoms with van der Waals surface area (Å²) in [5, 5.41) is 7.59. The van der Waals surface area contributed by atoms with Crippen molar-refractivity contribution in [3.8, 4) is 0 Å². The molecular formula is C14H24N4O2S. The summed E-state index contributed by atoms with van der Waals surface area (Å²) in [6.45, 7) is 6.11. The number of hydrogen-bond acceptors (Lipinski definition) is 4. The van der Waals surface area contributed by atoms with Crippen LogP contribution in [0.15, 0.2) is 17.3 Å². The van der Waals surface area contributed by atoms with Crippen molar-refractivity contribution in [1.82, 2.24) is 19.4 Å². The highest BCUT2D eigenvalue weighted by molar-refractivity contribution is 7.89. The fraction of sp³-hybridized carbons (Fsp3) is 0.786. The van der Waals surface area contributed by atoms with Gasteiger partial charge in [-0.1, -0.05) is 0 Å². The number of sulfonamides is 1. The maximum absolute atomic E-state index is 12.7. The molecule has 0 amide bonds. The van der Waals surface area contributed by atoms with Crippen LogP contribution in [-0.2, 0) is 16.6 Å². The van der Waals surface area contributed by atoms with Crippen LogP contribution in [-0.4, -0.2) is 47.2 Å². The van der Waals surface area contributed by atoms with Crippen LogP contribution in [0.3, 0.4) is 0 Å². The van der Waals surface area contributed by atoms with E-state index in [9.17, 15) is 8.42 Å². The quantitative estimate of drug-likeness (QED) is 0.857. The van der Waals surface area contributed by atoms with E-state index in [0.29, 0.717) is 24.0 Å². The maximum Gasteiger partial charge on any atom is 0.246 e. The first-order valence-electron chi connectivity index (χ1n) is 7.68. The molecule has 21 heavy (non-hydrogen) atoms. The highest BCUT2D eigenvalue weighted by Crippen LogP contribution is 2.33. The zero-order valence-corrected chi connectivity index (χ0v) is 13.6. The van der Waals surface area contributed by atoms with Crippen LogP contribution in [0.4, 0.5) is 0 Å². The van der Waals surface area contributed by atoms with Crippen molar-refractivity contribution in [3.05, 3.63) is 12.4 Å². The molecule has 0 atom stereocenters. The van der Waals surface area contributed by atoms with E-state index in [4.69, 9.17) is 0 Å². The highest BCUT2D eigenvalue weighted by atomic mass is 32.2. The first kappa shape index (κ1) is 15.0. The van der Waals surface area contributed by atoms with Gasteiger partial charge in [0.05, 0.1) is 12.7 Å². The first-order chi connectivity index (χ1) is 9.89. The van der Waals surface area contributed by atoms with Gasteiger partial charge < -0.3 is 5.32 Å². The van der Waals surface area contributed by atoms with Crippen LogP contribution < -0.4 is 5.32 Å². The van der Waals surface area contributed by atoms with Gasteiger partial charge in [0.15, 0.2) is 0 Å². The van der Waals surface area contributed by atoms with Crippen molar-refractivity contribution in [1.29, 1.82) is 0 Å². The Balaban J connectivity index is 1.69. The van der Waals surface area contributed by atoms with Crippen molar-refractivity contribution >= 4 is 10.0 Å². The van der Waals surface area contributed by atoms with Crippen molar-refractivity contribution in [2.24, 2.45) is 0 Å². The van der Waals surface area contributed by atoms with E-state index in [2.05, 4.69) is 10.4 Å². The molecule has 1 aliphatic heterocycles. The summed E-state index contributed by atoms with van der Waals surface area (Å²) < 4.78 is 28.8. The van der Waals surface area contributed by atoms with E-state index in [1.807, 2.05) is 13.8 Å². The normalized spacial score (nSPS) is 22.8. The zero-order chi connectivity index (χ0) is 15.1.